The Morgan fingerprint density at radius 1 is 0.304 bits per heavy atom. The lowest BCUT2D eigenvalue weighted by molar-refractivity contribution is 0.647. The first-order valence-corrected chi connectivity index (χ1v) is 40.8. The highest BCUT2D eigenvalue weighted by Gasteiger charge is 2.50. The molecule has 0 N–H and O–H groups in total. The van der Waals surface area contributed by atoms with Crippen LogP contribution in [0.4, 0.5) is 34.1 Å². The summed E-state index contributed by atoms with van der Waals surface area (Å²) in [5.41, 5.74) is 34.6. The van der Waals surface area contributed by atoms with E-state index in [-0.39, 0.29) is 32.3 Å². The molecule has 0 bridgehead atoms. The van der Waals surface area contributed by atoms with Crippen molar-refractivity contribution in [2.45, 2.75) is 35.5 Å². The fourth-order valence-corrected chi connectivity index (χ4v) is 21.3. The van der Waals surface area contributed by atoms with E-state index in [9.17, 15) is 0 Å². The molecule has 20 aromatic rings. The molecule has 11 heteroatoms. The molecule has 115 heavy (non-hydrogen) atoms. The molecule has 5 aliphatic rings. The van der Waals surface area contributed by atoms with Crippen molar-refractivity contribution < 1.29 is 17.7 Å². The Morgan fingerprint density at radius 2 is 0.713 bits per heavy atom. The number of anilines is 6. The standard InChI is InChI=1S/C53H35B2NO2S.C51H33B2NO2/c1-53(2)40-17-7-5-15-37(40)38-29-26-34(31-41(38)53)55-49-39-16-6-10-20-44(39)57-51(49)54(50-48-36-14-4-3-13-32(36)23-30-45(48)58-52(50)55)33-24-27-35(28-25-33)56-42-18-8-11-21-46(42)59-47-22-12-9-19-43(47)56;1-3-15-38(16-4-1)54(39-17-5-2-6-18-39)40-27-24-36(25-28-40)52-49-47-43-20-10-7-13-33(43)23-30-46(47)56-51(49)53(48-44-21-11-12-22-45(44)55-50(48)52)37-26-29-42-35(32-37)31-34-14-8-9-19-41(34)42/h3-31H,1-2H3;1-30,32H,31H2. The van der Waals surface area contributed by atoms with Crippen LogP contribution in [-0.4, -0.2) is 26.9 Å². The van der Waals surface area contributed by atoms with Crippen molar-refractivity contribution in [2.24, 2.45) is 0 Å². The normalized spacial score (nSPS) is 13.7. The molecule has 4 aromatic heterocycles. The minimum absolute atomic E-state index is 0.136. The van der Waals surface area contributed by atoms with E-state index in [0.717, 1.165) is 101 Å². The van der Waals surface area contributed by atoms with E-state index in [4.69, 9.17) is 17.7 Å². The van der Waals surface area contributed by atoms with Gasteiger partial charge in [0.25, 0.3) is 26.9 Å². The molecule has 0 saturated carbocycles. The summed E-state index contributed by atoms with van der Waals surface area (Å²) in [6.45, 7) is 4.01. The van der Waals surface area contributed by atoms with Gasteiger partial charge >= 0.3 is 0 Å². The van der Waals surface area contributed by atoms with E-state index < -0.39 is 0 Å². The number of nitrogens with zero attached hydrogens (tertiary/aromatic N) is 2. The molecule has 536 valence electrons. The van der Waals surface area contributed by atoms with Crippen LogP contribution in [0.2, 0.25) is 0 Å². The van der Waals surface area contributed by atoms with E-state index in [1.807, 2.05) is 11.8 Å². The van der Waals surface area contributed by atoms with Crippen LogP contribution in [-0.2, 0) is 11.8 Å². The molecule has 16 aromatic carbocycles. The lowest BCUT2D eigenvalue weighted by Gasteiger charge is -2.33. The predicted molar refractivity (Wildman–Crippen MR) is 484 cm³/mol. The van der Waals surface area contributed by atoms with E-state index >= 15 is 0 Å². The summed E-state index contributed by atoms with van der Waals surface area (Å²) in [5, 5.41) is 9.36. The summed E-state index contributed by atoms with van der Waals surface area (Å²) >= 11 is 1.83. The third kappa shape index (κ3) is 10.1. The zero-order valence-electron chi connectivity index (χ0n) is 63.1. The van der Waals surface area contributed by atoms with Gasteiger partial charge in [-0.05, 0) is 191 Å². The Kier molecular flexibility index (Phi) is 14.8. The Labute approximate surface area is 671 Å². The molecule has 25 rings (SSSR count). The van der Waals surface area contributed by atoms with Gasteiger partial charge in [-0.15, -0.1) is 0 Å². The van der Waals surface area contributed by atoms with Gasteiger partial charge in [0, 0.05) is 59.5 Å². The molecule has 3 aliphatic heterocycles. The average Bonchev–Trinajstić information content (AvgIpc) is 1.55. The topological polar surface area (TPSA) is 59.0 Å². The SMILES string of the molecule is CC1(C)c2ccccc2-c2ccc(B3c4oc5ccc6ccccc6c5c4B(c4ccc(N5c6ccccc6Sc6ccccc65)cc4)c4oc5ccccc5c43)cc21.c1ccc(N(c2ccccc2)c2ccc(B3c4oc5ccccc5c4B(c4ccc5c(c4)Cc4ccccc4-5)c4oc5ccc6ccccc6c5c43)cc2)cc1. The van der Waals surface area contributed by atoms with Gasteiger partial charge < -0.3 is 27.5 Å². The number of hydrogen-bond acceptors (Lipinski definition) is 7. The number of rotatable bonds is 8. The van der Waals surface area contributed by atoms with Gasteiger partial charge in [-0.2, -0.15) is 0 Å². The smallest absolute Gasteiger partial charge is 0.290 e. The highest BCUT2D eigenvalue weighted by molar-refractivity contribution is 7.99. The van der Waals surface area contributed by atoms with Crippen LogP contribution in [0.25, 0.3) is 87.7 Å². The minimum atomic E-state index is -0.198. The maximum Gasteiger partial charge on any atom is 0.290 e. The van der Waals surface area contributed by atoms with Crippen molar-refractivity contribution in [2.75, 3.05) is 9.80 Å². The number of para-hydroxylation sites is 6. The van der Waals surface area contributed by atoms with Crippen LogP contribution < -0.4 is 76.1 Å². The summed E-state index contributed by atoms with van der Waals surface area (Å²) in [6.07, 6.45) is 0.931. The molecule has 7 heterocycles. The third-order valence-corrected chi connectivity index (χ3v) is 26.5. The van der Waals surface area contributed by atoms with Crippen molar-refractivity contribution in [1.29, 1.82) is 0 Å². The summed E-state index contributed by atoms with van der Waals surface area (Å²) < 4.78 is 28.7. The molecule has 0 unspecified atom stereocenters. The highest BCUT2D eigenvalue weighted by Crippen LogP contribution is 2.52. The largest absolute Gasteiger partial charge is 0.471 e. The number of benzene rings is 16. The lowest BCUT2D eigenvalue weighted by atomic mass is 9.23. The van der Waals surface area contributed by atoms with Crippen molar-refractivity contribution in [1.82, 2.24) is 0 Å². The molecular weight excluding hydrogens is 1420 g/mol. The van der Waals surface area contributed by atoms with E-state index in [2.05, 4.69) is 388 Å². The van der Waals surface area contributed by atoms with Gasteiger partial charge in [-0.1, -0.05) is 314 Å². The van der Waals surface area contributed by atoms with E-state index in [0.29, 0.717) is 0 Å². The Hall–Kier alpha value is -13.6. The summed E-state index contributed by atoms with van der Waals surface area (Å²) in [5.74, 6) is 0. The fourth-order valence-electron chi connectivity index (χ4n) is 20.3. The first-order chi connectivity index (χ1) is 56.8. The molecule has 0 radical (unpaired) electrons. The fraction of sp³-hybridized carbons (Fsp3) is 0.0385. The second-order valence-electron chi connectivity index (χ2n) is 31.9. The molecule has 0 fully saturated rings. The molecule has 2 aliphatic carbocycles. The number of fused-ring (bicyclic) bond motifs is 24. The Balaban J connectivity index is 0.000000133. The van der Waals surface area contributed by atoms with Gasteiger partial charge in [-0.3, -0.25) is 0 Å². The van der Waals surface area contributed by atoms with Crippen molar-refractivity contribution in [3.8, 4) is 22.3 Å². The predicted octanol–water partition coefficient (Wildman–Crippen LogP) is 18.6. The number of hydrogen-bond donors (Lipinski definition) is 0. The molecule has 0 atom stereocenters. The molecule has 0 spiro atoms. The van der Waals surface area contributed by atoms with Gasteiger partial charge in [0.05, 0.1) is 34.0 Å². The van der Waals surface area contributed by atoms with Crippen molar-refractivity contribution >= 4 is 204 Å². The quantitative estimate of drug-likeness (QED) is 0.141. The van der Waals surface area contributed by atoms with Gasteiger partial charge in [0.2, 0.25) is 0 Å². The first kappa shape index (κ1) is 66.1. The Morgan fingerprint density at radius 3 is 1.30 bits per heavy atom. The van der Waals surface area contributed by atoms with Crippen LogP contribution in [0.5, 0.6) is 0 Å². The zero-order chi connectivity index (χ0) is 75.7. The summed E-state index contributed by atoms with van der Waals surface area (Å²) in [4.78, 5) is 7.21. The molecule has 0 saturated heterocycles. The van der Waals surface area contributed by atoms with Gasteiger partial charge in [-0.25, -0.2) is 0 Å². The second kappa shape index (κ2) is 25.7. The van der Waals surface area contributed by atoms with Crippen LogP contribution in [0.15, 0.2) is 391 Å². The van der Waals surface area contributed by atoms with Crippen LogP contribution in [0, 0.1) is 0 Å². The summed E-state index contributed by atoms with van der Waals surface area (Å²) in [6, 6.07) is 132. The van der Waals surface area contributed by atoms with Crippen LogP contribution in [0.3, 0.4) is 0 Å². The Bertz CT molecular complexity index is 7300. The third-order valence-electron chi connectivity index (χ3n) is 25.3. The van der Waals surface area contributed by atoms with Crippen LogP contribution >= 0.6 is 11.8 Å². The first-order valence-electron chi connectivity index (χ1n) is 39.9. The van der Waals surface area contributed by atoms with E-state index in [1.54, 1.807) is 0 Å². The summed E-state index contributed by atoms with van der Waals surface area (Å²) in [7, 11) is 0. The van der Waals surface area contributed by atoms with Crippen LogP contribution in [0.1, 0.15) is 36.1 Å². The molecular formula is C104H68B4N2O4S. The maximum atomic E-state index is 7.27. The van der Waals surface area contributed by atoms with Gasteiger partial charge in [0.15, 0.2) is 0 Å². The van der Waals surface area contributed by atoms with Crippen molar-refractivity contribution in [3.05, 3.63) is 386 Å². The second-order valence-corrected chi connectivity index (χ2v) is 32.9. The zero-order valence-corrected chi connectivity index (χ0v) is 63.9. The maximum absolute atomic E-state index is 7.27. The van der Waals surface area contributed by atoms with Crippen molar-refractivity contribution in [3.63, 3.8) is 0 Å². The number of furan rings is 4. The van der Waals surface area contributed by atoms with Gasteiger partial charge in [0.1, 0.15) is 22.3 Å². The van der Waals surface area contributed by atoms with E-state index in [1.165, 1.54) is 125 Å². The lowest BCUT2D eigenvalue weighted by Crippen LogP contribution is -2.73. The molecule has 6 nitrogen and oxygen atoms in total. The molecule has 0 amide bonds. The monoisotopic (exact) mass is 1480 g/mol. The minimum Gasteiger partial charge on any atom is -0.471 e. The average molecular weight is 1490 g/mol. The highest BCUT2D eigenvalue weighted by atomic mass is 32.2.